The summed E-state index contributed by atoms with van der Waals surface area (Å²) in [4.78, 5) is 21.1. The van der Waals surface area contributed by atoms with E-state index in [1.54, 1.807) is 0 Å². The quantitative estimate of drug-likeness (QED) is 0.614. The molecule has 0 spiro atoms. The second-order valence-corrected chi connectivity index (χ2v) is 3.44. The molecule has 0 aromatic carbocycles. The Hall–Kier alpha value is -1.10. The lowest BCUT2D eigenvalue weighted by molar-refractivity contribution is -0.140. The molecule has 1 amide bonds. The van der Waals surface area contributed by atoms with E-state index in [-0.39, 0.29) is 0 Å². The predicted molar refractivity (Wildman–Crippen MR) is 48.8 cm³/mol. The van der Waals surface area contributed by atoms with Gasteiger partial charge in [0.2, 0.25) is 5.91 Å². The van der Waals surface area contributed by atoms with Gasteiger partial charge in [0.05, 0.1) is 0 Å². The van der Waals surface area contributed by atoms with Crippen molar-refractivity contribution in [2.45, 2.75) is 19.3 Å². The number of aliphatic carboxylic acids is 1. The molecular formula is C9H15NO4. The average Bonchev–Trinajstić information content (AvgIpc) is 2.55. The van der Waals surface area contributed by atoms with Gasteiger partial charge in [-0.2, -0.15) is 0 Å². The first-order valence-corrected chi connectivity index (χ1v) is 4.74. The Balaban J connectivity index is 2.02. The first kappa shape index (κ1) is 11.0. The van der Waals surface area contributed by atoms with E-state index in [9.17, 15) is 9.59 Å². The fraction of sp³-hybridized carbons (Fsp3) is 0.778. The van der Waals surface area contributed by atoms with Crippen LogP contribution in [0.1, 0.15) is 19.3 Å². The van der Waals surface area contributed by atoms with Crippen LogP contribution in [0.4, 0.5) is 0 Å². The highest BCUT2D eigenvalue weighted by atomic mass is 16.5. The molecule has 14 heavy (non-hydrogen) atoms. The van der Waals surface area contributed by atoms with Gasteiger partial charge in [0.1, 0.15) is 6.42 Å². The molecule has 0 aliphatic carbocycles. The number of hydrogen-bond donors (Lipinski definition) is 2. The number of ether oxygens (including phenoxy) is 1. The van der Waals surface area contributed by atoms with Gasteiger partial charge in [-0.3, -0.25) is 9.59 Å². The van der Waals surface area contributed by atoms with Crippen molar-refractivity contribution >= 4 is 11.9 Å². The van der Waals surface area contributed by atoms with Crippen molar-refractivity contribution in [3.05, 3.63) is 0 Å². The lowest BCUT2D eigenvalue weighted by atomic mass is 10.1. The van der Waals surface area contributed by atoms with Crippen LogP contribution in [0.15, 0.2) is 0 Å². The Morgan fingerprint density at radius 3 is 2.86 bits per heavy atom. The number of rotatable bonds is 5. The minimum Gasteiger partial charge on any atom is -0.481 e. The van der Waals surface area contributed by atoms with E-state index in [4.69, 9.17) is 9.84 Å². The predicted octanol–water partition coefficient (Wildman–Crippen LogP) is 0.00390. The summed E-state index contributed by atoms with van der Waals surface area (Å²) in [5.74, 6) is -0.997. The first-order chi connectivity index (χ1) is 6.68. The average molecular weight is 201 g/mol. The second-order valence-electron chi connectivity index (χ2n) is 3.44. The van der Waals surface area contributed by atoms with E-state index in [2.05, 4.69) is 5.32 Å². The molecule has 1 fully saturated rings. The lowest BCUT2D eigenvalue weighted by Crippen LogP contribution is -2.27. The third kappa shape index (κ3) is 4.23. The van der Waals surface area contributed by atoms with E-state index < -0.39 is 18.3 Å². The largest absolute Gasteiger partial charge is 0.481 e. The van der Waals surface area contributed by atoms with E-state index >= 15 is 0 Å². The van der Waals surface area contributed by atoms with Crippen LogP contribution in [-0.4, -0.2) is 36.7 Å². The van der Waals surface area contributed by atoms with Crippen LogP contribution in [0.2, 0.25) is 0 Å². The zero-order valence-corrected chi connectivity index (χ0v) is 7.99. The smallest absolute Gasteiger partial charge is 0.312 e. The van der Waals surface area contributed by atoms with Gasteiger partial charge in [-0.15, -0.1) is 0 Å². The van der Waals surface area contributed by atoms with Gasteiger partial charge in [-0.1, -0.05) is 0 Å². The molecule has 2 N–H and O–H groups in total. The normalized spacial score (nSPS) is 20.7. The Kier molecular flexibility index (Phi) is 4.39. The first-order valence-electron chi connectivity index (χ1n) is 4.74. The topological polar surface area (TPSA) is 75.6 Å². The van der Waals surface area contributed by atoms with Gasteiger partial charge in [0, 0.05) is 19.8 Å². The second kappa shape index (κ2) is 5.59. The number of amides is 1. The molecule has 1 rings (SSSR count). The van der Waals surface area contributed by atoms with E-state index in [1.807, 2.05) is 0 Å². The molecule has 0 bridgehead atoms. The summed E-state index contributed by atoms with van der Waals surface area (Å²) in [6, 6.07) is 0. The molecule has 1 heterocycles. The highest BCUT2D eigenvalue weighted by molar-refractivity contribution is 5.93. The van der Waals surface area contributed by atoms with Crippen molar-refractivity contribution in [2.24, 2.45) is 5.92 Å². The molecule has 0 aromatic heterocycles. The van der Waals surface area contributed by atoms with Crippen LogP contribution in [0.25, 0.3) is 0 Å². The minimum absolute atomic E-state index is 0.420. The number of nitrogens with one attached hydrogen (secondary N) is 1. The maximum Gasteiger partial charge on any atom is 0.312 e. The van der Waals surface area contributed by atoms with Crippen molar-refractivity contribution < 1.29 is 19.4 Å². The number of carboxylic acid groups (broad SMARTS) is 1. The number of carbonyl (C=O) groups is 2. The monoisotopic (exact) mass is 201 g/mol. The van der Waals surface area contributed by atoms with E-state index in [1.165, 1.54) is 0 Å². The summed E-state index contributed by atoms with van der Waals surface area (Å²) in [7, 11) is 0. The van der Waals surface area contributed by atoms with Gasteiger partial charge in [0.25, 0.3) is 0 Å². The van der Waals surface area contributed by atoms with Crippen LogP contribution < -0.4 is 5.32 Å². The maximum absolute atomic E-state index is 10.9. The molecule has 80 valence electrons. The molecule has 0 saturated carbocycles. The molecule has 1 saturated heterocycles. The van der Waals surface area contributed by atoms with Gasteiger partial charge < -0.3 is 15.2 Å². The highest BCUT2D eigenvalue weighted by Crippen LogP contribution is 2.14. The zero-order chi connectivity index (χ0) is 10.4. The maximum atomic E-state index is 10.9. The van der Waals surface area contributed by atoms with Crippen molar-refractivity contribution in [2.75, 3.05) is 19.8 Å². The lowest BCUT2D eigenvalue weighted by Gasteiger charge is -2.07. The summed E-state index contributed by atoms with van der Waals surface area (Å²) in [5.41, 5.74) is 0. The van der Waals surface area contributed by atoms with Crippen LogP contribution in [-0.2, 0) is 14.3 Å². The molecule has 1 unspecified atom stereocenters. The van der Waals surface area contributed by atoms with E-state index in [0.29, 0.717) is 12.5 Å². The zero-order valence-electron chi connectivity index (χ0n) is 7.99. The molecular weight excluding hydrogens is 186 g/mol. The molecule has 0 aromatic rings. The highest BCUT2D eigenvalue weighted by Gasteiger charge is 2.15. The molecule has 1 aliphatic rings. The number of carbonyl (C=O) groups excluding carboxylic acids is 1. The third-order valence-electron chi connectivity index (χ3n) is 2.21. The van der Waals surface area contributed by atoms with Gasteiger partial charge in [-0.05, 0) is 18.8 Å². The Morgan fingerprint density at radius 1 is 1.50 bits per heavy atom. The Morgan fingerprint density at radius 2 is 2.29 bits per heavy atom. The van der Waals surface area contributed by atoms with Crippen LogP contribution in [0.5, 0.6) is 0 Å². The minimum atomic E-state index is -1.09. The molecule has 0 radical (unpaired) electrons. The molecule has 5 nitrogen and oxygen atoms in total. The van der Waals surface area contributed by atoms with Gasteiger partial charge in [0.15, 0.2) is 0 Å². The molecule has 1 aliphatic heterocycles. The van der Waals surface area contributed by atoms with Crippen LogP contribution >= 0.6 is 0 Å². The summed E-state index contributed by atoms with van der Waals surface area (Å²) in [5, 5.41) is 10.9. The summed E-state index contributed by atoms with van der Waals surface area (Å²) in [6.07, 6.45) is 1.46. The Bertz CT molecular complexity index is 211. The third-order valence-corrected chi connectivity index (χ3v) is 2.21. The van der Waals surface area contributed by atoms with Crippen molar-refractivity contribution in [3.63, 3.8) is 0 Å². The van der Waals surface area contributed by atoms with Crippen molar-refractivity contribution in [1.29, 1.82) is 0 Å². The summed E-state index contributed by atoms with van der Waals surface area (Å²) in [6.45, 7) is 2.10. The van der Waals surface area contributed by atoms with Gasteiger partial charge >= 0.3 is 5.97 Å². The Labute approximate surface area is 82.4 Å². The summed E-state index contributed by atoms with van der Waals surface area (Å²) >= 11 is 0. The van der Waals surface area contributed by atoms with E-state index in [0.717, 1.165) is 26.1 Å². The van der Waals surface area contributed by atoms with Crippen LogP contribution in [0.3, 0.4) is 0 Å². The standard InChI is InChI=1S/C9H15NO4/c11-8(5-9(12)13)10-3-1-7-2-4-14-6-7/h7H,1-6H2,(H,10,11)(H,12,13). The number of carboxylic acids is 1. The van der Waals surface area contributed by atoms with Crippen molar-refractivity contribution in [3.8, 4) is 0 Å². The molecule has 1 atom stereocenters. The molecule has 5 heteroatoms. The van der Waals surface area contributed by atoms with Gasteiger partial charge in [-0.25, -0.2) is 0 Å². The van der Waals surface area contributed by atoms with Crippen LogP contribution in [0, 0.1) is 5.92 Å². The number of hydrogen-bond acceptors (Lipinski definition) is 3. The van der Waals surface area contributed by atoms with Crippen molar-refractivity contribution in [1.82, 2.24) is 5.32 Å². The SMILES string of the molecule is O=C(O)CC(=O)NCCC1CCOC1. The fourth-order valence-electron chi connectivity index (χ4n) is 1.43. The summed E-state index contributed by atoms with van der Waals surface area (Å²) < 4.78 is 5.17. The fourth-order valence-corrected chi connectivity index (χ4v) is 1.43.